The van der Waals surface area contributed by atoms with Gasteiger partial charge >= 0.3 is 0 Å². The summed E-state index contributed by atoms with van der Waals surface area (Å²) in [5.41, 5.74) is 2.68. The molecule has 0 spiro atoms. The third-order valence-electron chi connectivity index (χ3n) is 3.17. The van der Waals surface area contributed by atoms with Gasteiger partial charge in [-0.3, -0.25) is 4.79 Å². The summed E-state index contributed by atoms with van der Waals surface area (Å²) in [6, 6.07) is 16.4. The molecule has 2 rings (SSSR count). The van der Waals surface area contributed by atoms with E-state index >= 15 is 0 Å². The molecule has 0 aromatic heterocycles. The SMILES string of the molecule is CCc1ccc(/C=C(\C#N)C(=O)Nc2ccc(Cl)cc2)cc1. The predicted octanol–water partition coefficient (Wildman–Crippen LogP) is 4.45. The van der Waals surface area contributed by atoms with E-state index in [1.165, 1.54) is 5.56 Å². The van der Waals surface area contributed by atoms with Gasteiger partial charge in [0.25, 0.3) is 5.91 Å². The summed E-state index contributed by atoms with van der Waals surface area (Å²) in [4.78, 5) is 12.1. The first-order chi connectivity index (χ1) is 10.6. The van der Waals surface area contributed by atoms with Crippen molar-refractivity contribution >= 4 is 29.3 Å². The molecule has 0 saturated carbocycles. The number of carbonyl (C=O) groups is 1. The molecule has 22 heavy (non-hydrogen) atoms. The quantitative estimate of drug-likeness (QED) is 0.670. The minimum atomic E-state index is -0.440. The number of halogens is 1. The van der Waals surface area contributed by atoms with E-state index in [1.807, 2.05) is 30.3 Å². The first-order valence-corrected chi connectivity index (χ1v) is 7.28. The number of anilines is 1. The topological polar surface area (TPSA) is 52.9 Å². The van der Waals surface area contributed by atoms with Crippen molar-refractivity contribution in [2.75, 3.05) is 5.32 Å². The number of carbonyl (C=O) groups excluding carboxylic acids is 1. The van der Waals surface area contributed by atoms with Gasteiger partial charge in [0.2, 0.25) is 0 Å². The van der Waals surface area contributed by atoms with E-state index in [9.17, 15) is 10.1 Å². The van der Waals surface area contributed by atoms with Gasteiger partial charge in [0.05, 0.1) is 0 Å². The summed E-state index contributed by atoms with van der Waals surface area (Å²) in [6.45, 7) is 2.07. The van der Waals surface area contributed by atoms with Crippen LogP contribution in [0.1, 0.15) is 18.1 Å². The lowest BCUT2D eigenvalue weighted by Gasteiger charge is -2.04. The third-order valence-corrected chi connectivity index (χ3v) is 3.42. The van der Waals surface area contributed by atoms with Gasteiger partial charge in [-0.2, -0.15) is 5.26 Å². The monoisotopic (exact) mass is 310 g/mol. The molecular formula is C18H15ClN2O. The third kappa shape index (κ3) is 4.21. The lowest BCUT2D eigenvalue weighted by molar-refractivity contribution is -0.112. The fraction of sp³-hybridized carbons (Fsp3) is 0.111. The molecule has 0 aliphatic rings. The second kappa shape index (κ2) is 7.44. The fourth-order valence-corrected chi connectivity index (χ4v) is 2.02. The van der Waals surface area contributed by atoms with Crippen LogP contribution in [0.3, 0.4) is 0 Å². The molecule has 0 unspecified atom stereocenters. The standard InChI is InChI=1S/C18H15ClN2O/c1-2-13-3-5-14(6-4-13)11-15(12-20)18(22)21-17-9-7-16(19)8-10-17/h3-11H,2H2,1H3,(H,21,22)/b15-11+. The molecule has 3 nitrogen and oxygen atoms in total. The Hall–Kier alpha value is -2.57. The van der Waals surface area contributed by atoms with Crippen molar-refractivity contribution in [3.63, 3.8) is 0 Å². The number of benzene rings is 2. The molecule has 0 heterocycles. The highest BCUT2D eigenvalue weighted by Crippen LogP contribution is 2.15. The normalized spacial score (nSPS) is 10.9. The zero-order valence-electron chi connectivity index (χ0n) is 12.1. The fourth-order valence-electron chi connectivity index (χ4n) is 1.90. The van der Waals surface area contributed by atoms with Crippen LogP contribution >= 0.6 is 11.6 Å². The van der Waals surface area contributed by atoms with Crippen molar-refractivity contribution in [3.8, 4) is 6.07 Å². The molecule has 0 radical (unpaired) electrons. The number of hydrogen-bond acceptors (Lipinski definition) is 2. The van der Waals surface area contributed by atoms with E-state index in [4.69, 9.17) is 11.6 Å². The molecule has 0 saturated heterocycles. The first-order valence-electron chi connectivity index (χ1n) is 6.90. The lowest BCUT2D eigenvalue weighted by Crippen LogP contribution is -2.13. The Kier molecular flexibility index (Phi) is 5.35. The minimum Gasteiger partial charge on any atom is -0.321 e. The van der Waals surface area contributed by atoms with E-state index in [0.717, 1.165) is 12.0 Å². The number of nitrogens with one attached hydrogen (secondary N) is 1. The highest BCUT2D eigenvalue weighted by Gasteiger charge is 2.09. The van der Waals surface area contributed by atoms with E-state index in [0.29, 0.717) is 10.7 Å². The zero-order valence-corrected chi connectivity index (χ0v) is 12.9. The van der Waals surface area contributed by atoms with Crippen molar-refractivity contribution in [1.82, 2.24) is 0 Å². The second-order valence-electron chi connectivity index (χ2n) is 4.73. The van der Waals surface area contributed by atoms with Crippen LogP contribution in [0.4, 0.5) is 5.69 Å². The highest BCUT2D eigenvalue weighted by molar-refractivity contribution is 6.30. The Morgan fingerprint density at radius 2 is 1.82 bits per heavy atom. The van der Waals surface area contributed by atoms with Crippen LogP contribution < -0.4 is 5.32 Å². The summed E-state index contributed by atoms with van der Waals surface area (Å²) in [7, 11) is 0. The van der Waals surface area contributed by atoms with Crippen molar-refractivity contribution in [2.24, 2.45) is 0 Å². The molecule has 0 fully saturated rings. The zero-order chi connectivity index (χ0) is 15.9. The van der Waals surface area contributed by atoms with Crippen LogP contribution in [-0.2, 0) is 11.2 Å². The molecular weight excluding hydrogens is 296 g/mol. The molecule has 110 valence electrons. The van der Waals surface area contributed by atoms with Crippen LogP contribution in [0.2, 0.25) is 5.02 Å². The van der Waals surface area contributed by atoms with Gasteiger partial charge in [-0.05, 0) is 47.9 Å². The maximum atomic E-state index is 12.1. The van der Waals surface area contributed by atoms with E-state index in [2.05, 4.69) is 12.2 Å². The number of aryl methyl sites for hydroxylation is 1. The molecule has 0 aliphatic carbocycles. The Morgan fingerprint density at radius 1 is 1.18 bits per heavy atom. The highest BCUT2D eigenvalue weighted by atomic mass is 35.5. The van der Waals surface area contributed by atoms with E-state index in [-0.39, 0.29) is 5.57 Å². The van der Waals surface area contributed by atoms with Gasteiger partial charge in [0.1, 0.15) is 11.6 Å². The summed E-state index contributed by atoms with van der Waals surface area (Å²) in [5, 5.41) is 12.4. The maximum absolute atomic E-state index is 12.1. The Morgan fingerprint density at radius 3 is 2.36 bits per heavy atom. The minimum absolute atomic E-state index is 0.0548. The largest absolute Gasteiger partial charge is 0.321 e. The number of hydrogen-bond donors (Lipinski definition) is 1. The van der Waals surface area contributed by atoms with Crippen LogP contribution in [0, 0.1) is 11.3 Å². The summed E-state index contributed by atoms with van der Waals surface area (Å²) < 4.78 is 0. The van der Waals surface area contributed by atoms with Crippen molar-refractivity contribution in [1.29, 1.82) is 5.26 Å². The molecule has 1 N–H and O–H groups in total. The number of nitrogens with zero attached hydrogens (tertiary/aromatic N) is 1. The maximum Gasteiger partial charge on any atom is 0.266 e. The van der Waals surface area contributed by atoms with Crippen molar-refractivity contribution in [2.45, 2.75) is 13.3 Å². The molecule has 0 atom stereocenters. The van der Waals surface area contributed by atoms with Gasteiger partial charge in [-0.25, -0.2) is 0 Å². The van der Waals surface area contributed by atoms with Crippen molar-refractivity contribution < 1.29 is 4.79 Å². The van der Waals surface area contributed by atoms with Crippen LogP contribution in [0.25, 0.3) is 6.08 Å². The van der Waals surface area contributed by atoms with Crippen LogP contribution in [-0.4, -0.2) is 5.91 Å². The molecule has 1 amide bonds. The second-order valence-corrected chi connectivity index (χ2v) is 5.16. The average molecular weight is 311 g/mol. The van der Waals surface area contributed by atoms with Gasteiger partial charge in [0.15, 0.2) is 0 Å². The summed E-state index contributed by atoms with van der Waals surface area (Å²) in [5.74, 6) is -0.440. The van der Waals surface area contributed by atoms with Crippen LogP contribution in [0.5, 0.6) is 0 Å². The van der Waals surface area contributed by atoms with Gasteiger partial charge < -0.3 is 5.32 Å². The van der Waals surface area contributed by atoms with Gasteiger partial charge in [-0.15, -0.1) is 0 Å². The molecule has 0 aliphatic heterocycles. The van der Waals surface area contributed by atoms with Gasteiger partial charge in [0, 0.05) is 10.7 Å². The van der Waals surface area contributed by atoms with E-state index < -0.39 is 5.91 Å². The Labute approximate surface area is 134 Å². The number of amides is 1. The number of nitriles is 1. The summed E-state index contributed by atoms with van der Waals surface area (Å²) >= 11 is 5.79. The summed E-state index contributed by atoms with van der Waals surface area (Å²) in [6.07, 6.45) is 2.52. The molecule has 2 aromatic carbocycles. The van der Waals surface area contributed by atoms with Gasteiger partial charge in [-0.1, -0.05) is 42.8 Å². The molecule has 0 bridgehead atoms. The van der Waals surface area contributed by atoms with Crippen LogP contribution in [0.15, 0.2) is 54.1 Å². The Balaban J connectivity index is 2.15. The molecule has 2 aromatic rings. The average Bonchev–Trinajstić information content (AvgIpc) is 2.55. The predicted molar refractivity (Wildman–Crippen MR) is 89.5 cm³/mol. The smallest absolute Gasteiger partial charge is 0.266 e. The van der Waals surface area contributed by atoms with E-state index in [1.54, 1.807) is 30.3 Å². The Bertz CT molecular complexity index is 725. The molecule has 4 heteroatoms. The number of rotatable bonds is 4. The lowest BCUT2D eigenvalue weighted by atomic mass is 10.1. The first kappa shape index (κ1) is 15.8. The van der Waals surface area contributed by atoms with Crippen molar-refractivity contribution in [3.05, 3.63) is 70.3 Å².